The van der Waals surface area contributed by atoms with E-state index < -0.39 is 0 Å². The fourth-order valence-corrected chi connectivity index (χ4v) is 2.79. The molecule has 1 aromatic heterocycles. The van der Waals surface area contributed by atoms with Gasteiger partial charge in [0.2, 0.25) is 0 Å². The molecule has 2 rings (SSSR count). The summed E-state index contributed by atoms with van der Waals surface area (Å²) in [5.74, 6) is 5.09. The van der Waals surface area contributed by atoms with Gasteiger partial charge in [-0.1, -0.05) is 39.5 Å². The van der Waals surface area contributed by atoms with Crippen molar-refractivity contribution in [1.29, 1.82) is 0 Å². The predicted molar refractivity (Wildman–Crippen MR) is 75.4 cm³/mol. The van der Waals surface area contributed by atoms with E-state index in [9.17, 15) is 0 Å². The van der Waals surface area contributed by atoms with E-state index >= 15 is 0 Å². The Morgan fingerprint density at radius 1 is 1.39 bits per heavy atom. The van der Waals surface area contributed by atoms with E-state index in [0.717, 1.165) is 17.3 Å². The number of imidazole rings is 1. The van der Waals surface area contributed by atoms with Crippen LogP contribution in [0.2, 0.25) is 0 Å². The molecule has 0 saturated heterocycles. The van der Waals surface area contributed by atoms with Crippen LogP contribution in [0.25, 0.3) is 0 Å². The molecular formula is C15H23N3. The molecule has 1 aliphatic carbocycles. The molecule has 0 spiro atoms. The first-order chi connectivity index (χ1) is 8.45. The van der Waals surface area contributed by atoms with Gasteiger partial charge in [0.1, 0.15) is 11.6 Å². The summed E-state index contributed by atoms with van der Waals surface area (Å²) >= 11 is 0. The lowest BCUT2D eigenvalue weighted by Crippen LogP contribution is -2.15. The zero-order valence-electron chi connectivity index (χ0n) is 11.7. The average molecular weight is 245 g/mol. The Bertz CT molecular complexity index is 465. The molecule has 18 heavy (non-hydrogen) atoms. The van der Waals surface area contributed by atoms with Crippen molar-refractivity contribution >= 4 is 5.82 Å². The number of nitrogens with zero attached hydrogens (tertiary/aromatic N) is 2. The highest BCUT2D eigenvalue weighted by Gasteiger charge is 2.29. The topological polar surface area (TPSA) is 43.8 Å². The molecule has 0 atom stereocenters. The third-order valence-corrected chi connectivity index (χ3v) is 3.72. The summed E-state index contributed by atoms with van der Waals surface area (Å²) in [5.41, 5.74) is 7.20. The van der Waals surface area contributed by atoms with Crippen molar-refractivity contribution in [1.82, 2.24) is 9.55 Å². The van der Waals surface area contributed by atoms with Gasteiger partial charge in [0.25, 0.3) is 0 Å². The first-order valence-electron chi connectivity index (χ1n) is 6.75. The molecule has 1 heterocycles. The minimum Gasteiger partial charge on any atom is -0.383 e. The van der Waals surface area contributed by atoms with E-state index in [-0.39, 0.29) is 5.41 Å². The molecule has 98 valence electrons. The van der Waals surface area contributed by atoms with Gasteiger partial charge in [-0.15, -0.1) is 6.42 Å². The SMILES string of the molecule is C#CCn1c(C2CCCC2)nc(C(C)(C)C)c1N. The summed E-state index contributed by atoms with van der Waals surface area (Å²) in [4.78, 5) is 4.82. The maximum absolute atomic E-state index is 6.25. The molecular weight excluding hydrogens is 222 g/mol. The molecule has 1 fully saturated rings. The van der Waals surface area contributed by atoms with Gasteiger partial charge in [-0.2, -0.15) is 0 Å². The second-order valence-electron chi connectivity index (χ2n) is 6.23. The van der Waals surface area contributed by atoms with Crippen molar-refractivity contribution in [2.24, 2.45) is 0 Å². The highest BCUT2D eigenvalue weighted by atomic mass is 15.1. The van der Waals surface area contributed by atoms with Crippen molar-refractivity contribution in [2.45, 2.75) is 64.3 Å². The van der Waals surface area contributed by atoms with Gasteiger partial charge in [-0.05, 0) is 12.8 Å². The molecule has 1 aromatic rings. The Balaban J connectivity index is 2.47. The molecule has 0 amide bonds. The number of nitrogens with two attached hydrogens (primary N) is 1. The van der Waals surface area contributed by atoms with Gasteiger partial charge >= 0.3 is 0 Å². The molecule has 3 nitrogen and oxygen atoms in total. The Kier molecular flexibility index (Phi) is 3.38. The van der Waals surface area contributed by atoms with Crippen LogP contribution >= 0.6 is 0 Å². The molecule has 0 aliphatic heterocycles. The van der Waals surface area contributed by atoms with Crippen LogP contribution in [0.5, 0.6) is 0 Å². The quantitative estimate of drug-likeness (QED) is 0.814. The van der Waals surface area contributed by atoms with E-state index in [1.165, 1.54) is 25.7 Å². The number of anilines is 1. The van der Waals surface area contributed by atoms with Crippen molar-refractivity contribution in [2.75, 3.05) is 5.73 Å². The first kappa shape index (κ1) is 13.0. The smallest absolute Gasteiger partial charge is 0.128 e. The minimum atomic E-state index is -0.0305. The number of rotatable bonds is 2. The van der Waals surface area contributed by atoms with Crippen LogP contribution in [0.4, 0.5) is 5.82 Å². The van der Waals surface area contributed by atoms with E-state index in [4.69, 9.17) is 17.1 Å². The number of nitrogen functional groups attached to an aromatic ring is 1. The lowest BCUT2D eigenvalue weighted by Gasteiger charge is -2.16. The zero-order chi connectivity index (χ0) is 13.3. The van der Waals surface area contributed by atoms with Crippen LogP contribution in [0.1, 0.15) is 63.9 Å². The summed E-state index contributed by atoms with van der Waals surface area (Å²) in [6, 6.07) is 0. The molecule has 1 aliphatic rings. The van der Waals surface area contributed by atoms with Crippen LogP contribution in [0.3, 0.4) is 0 Å². The van der Waals surface area contributed by atoms with Gasteiger partial charge in [-0.25, -0.2) is 4.98 Å². The Labute approximate surface area is 110 Å². The van der Waals surface area contributed by atoms with E-state index in [0.29, 0.717) is 12.5 Å². The van der Waals surface area contributed by atoms with E-state index in [1.54, 1.807) is 0 Å². The highest BCUT2D eigenvalue weighted by Crippen LogP contribution is 2.37. The lowest BCUT2D eigenvalue weighted by atomic mass is 9.92. The summed E-state index contributed by atoms with van der Waals surface area (Å²) in [5, 5.41) is 0. The fourth-order valence-electron chi connectivity index (χ4n) is 2.79. The van der Waals surface area contributed by atoms with Crippen molar-refractivity contribution in [3.05, 3.63) is 11.5 Å². The number of terminal acetylenes is 1. The normalized spacial score (nSPS) is 17.0. The lowest BCUT2D eigenvalue weighted by molar-refractivity contribution is 0.568. The van der Waals surface area contributed by atoms with Crippen LogP contribution < -0.4 is 5.73 Å². The molecule has 0 unspecified atom stereocenters. The monoisotopic (exact) mass is 245 g/mol. The fraction of sp³-hybridized carbons (Fsp3) is 0.667. The second-order valence-corrected chi connectivity index (χ2v) is 6.23. The summed E-state index contributed by atoms with van der Waals surface area (Å²) in [7, 11) is 0. The number of hydrogen-bond donors (Lipinski definition) is 1. The molecule has 3 heteroatoms. The Morgan fingerprint density at radius 3 is 2.50 bits per heavy atom. The summed E-state index contributed by atoms with van der Waals surface area (Å²) in [6.07, 6.45) is 10.5. The van der Waals surface area contributed by atoms with Gasteiger partial charge in [-0.3, -0.25) is 0 Å². The second kappa shape index (κ2) is 4.68. The predicted octanol–water partition coefficient (Wildman–Crippen LogP) is 3.05. The number of hydrogen-bond acceptors (Lipinski definition) is 2. The largest absolute Gasteiger partial charge is 0.383 e. The van der Waals surface area contributed by atoms with Crippen LogP contribution in [0.15, 0.2) is 0 Å². The maximum atomic E-state index is 6.25. The third-order valence-electron chi connectivity index (χ3n) is 3.72. The van der Waals surface area contributed by atoms with Gasteiger partial charge in [0.05, 0.1) is 12.2 Å². The third kappa shape index (κ3) is 2.25. The zero-order valence-corrected chi connectivity index (χ0v) is 11.7. The molecule has 2 N–H and O–H groups in total. The molecule has 0 bridgehead atoms. The summed E-state index contributed by atoms with van der Waals surface area (Å²) in [6.45, 7) is 6.96. The minimum absolute atomic E-state index is 0.0305. The average Bonchev–Trinajstić information content (AvgIpc) is 2.87. The van der Waals surface area contributed by atoms with Crippen LogP contribution in [-0.2, 0) is 12.0 Å². The number of aromatic nitrogens is 2. The van der Waals surface area contributed by atoms with E-state index in [2.05, 4.69) is 26.7 Å². The molecule has 0 radical (unpaired) electrons. The van der Waals surface area contributed by atoms with Crippen LogP contribution in [-0.4, -0.2) is 9.55 Å². The van der Waals surface area contributed by atoms with Crippen molar-refractivity contribution < 1.29 is 0 Å². The molecule has 1 saturated carbocycles. The standard InChI is InChI=1S/C15H23N3/c1-5-10-18-13(16)12(15(2,3)4)17-14(18)11-8-6-7-9-11/h1,11H,6-10,16H2,2-4H3. The summed E-state index contributed by atoms with van der Waals surface area (Å²) < 4.78 is 2.04. The maximum Gasteiger partial charge on any atom is 0.128 e. The highest BCUT2D eigenvalue weighted by molar-refractivity contribution is 5.43. The first-order valence-corrected chi connectivity index (χ1v) is 6.75. The van der Waals surface area contributed by atoms with Gasteiger partial charge < -0.3 is 10.3 Å². The van der Waals surface area contributed by atoms with Crippen molar-refractivity contribution in [3.8, 4) is 12.3 Å². The van der Waals surface area contributed by atoms with Crippen molar-refractivity contribution in [3.63, 3.8) is 0 Å². The Hall–Kier alpha value is -1.43. The van der Waals surface area contributed by atoms with Gasteiger partial charge in [0, 0.05) is 11.3 Å². The van der Waals surface area contributed by atoms with E-state index in [1.807, 2.05) is 4.57 Å². The Morgan fingerprint density at radius 2 is 2.00 bits per heavy atom. The molecule has 0 aromatic carbocycles. The van der Waals surface area contributed by atoms with Crippen LogP contribution in [0, 0.1) is 12.3 Å². The van der Waals surface area contributed by atoms with Gasteiger partial charge in [0.15, 0.2) is 0 Å².